The second-order valence-electron chi connectivity index (χ2n) is 4.82. The third kappa shape index (κ3) is 2.22. The van der Waals surface area contributed by atoms with Crippen LogP contribution in [0.4, 0.5) is 11.5 Å². The average molecular weight is 295 g/mol. The Morgan fingerprint density at radius 2 is 2.10 bits per heavy atom. The number of nitrogen functional groups attached to an aromatic ring is 1. The van der Waals surface area contributed by atoms with Crippen molar-refractivity contribution in [2.75, 3.05) is 5.73 Å². The highest BCUT2D eigenvalue weighted by Crippen LogP contribution is 2.41. The molecule has 0 aliphatic carbocycles. The van der Waals surface area contributed by atoms with Crippen molar-refractivity contribution in [3.63, 3.8) is 0 Å². The molecule has 0 fully saturated rings. The second-order valence-corrected chi connectivity index (χ2v) is 5.22. The first-order chi connectivity index (χ1) is 9.34. The van der Waals surface area contributed by atoms with Gasteiger partial charge in [0.05, 0.1) is 15.5 Å². The van der Waals surface area contributed by atoms with Crippen molar-refractivity contribution in [1.82, 2.24) is 9.78 Å². The predicted octanol–water partition coefficient (Wildman–Crippen LogP) is 3.35. The molecular formula is C13H15ClN4O2. The molecule has 6 nitrogen and oxygen atoms in total. The van der Waals surface area contributed by atoms with Gasteiger partial charge in [-0.2, -0.15) is 5.10 Å². The van der Waals surface area contributed by atoms with E-state index in [1.54, 1.807) is 19.2 Å². The van der Waals surface area contributed by atoms with E-state index in [2.05, 4.69) is 5.10 Å². The Balaban J connectivity index is 2.82. The maximum atomic E-state index is 11.2. The van der Waals surface area contributed by atoms with Crippen molar-refractivity contribution in [2.45, 2.75) is 19.8 Å². The van der Waals surface area contributed by atoms with Crippen LogP contribution in [-0.2, 0) is 7.05 Å². The van der Waals surface area contributed by atoms with Crippen molar-refractivity contribution in [3.05, 3.63) is 38.9 Å². The molecule has 0 amide bonds. The molecule has 20 heavy (non-hydrogen) atoms. The van der Waals surface area contributed by atoms with Gasteiger partial charge in [0, 0.05) is 18.7 Å². The molecule has 0 aliphatic rings. The van der Waals surface area contributed by atoms with Crippen LogP contribution in [0.5, 0.6) is 0 Å². The van der Waals surface area contributed by atoms with Crippen LogP contribution in [0.2, 0.25) is 5.02 Å². The molecule has 106 valence electrons. The van der Waals surface area contributed by atoms with Crippen LogP contribution in [0.3, 0.4) is 0 Å². The number of nitrogens with two attached hydrogens (primary N) is 1. The number of halogens is 1. The lowest BCUT2D eigenvalue weighted by atomic mass is 9.97. The second kappa shape index (κ2) is 5.13. The number of benzene rings is 1. The van der Waals surface area contributed by atoms with Gasteiger partial charge in [-0.3, -0.25) is 14.8 Å². The zero-order chi connectivity index (χ0) is 15.0. The van der Waals surface area contributed by atoms with E-state index in [0.717, 1.165) is 5.56 Å². The van der Waals surface area contributed by atoms with E-state index in [-0.39, 0.29) is 11.6 Å². The van der Waals surface area contributed by atoms with Crippen molar-refractivity contribution in [1.29, 1.82) is 0 Å². The molecule has 1 aromatic carbocycles. The Labute approximate surface area is 121 Å². The number of aryl methyl sites for hydroxylation is 1. The number of nitro benzene ring substituents is 1. The summed E-state index contributed by atoms with van der Waals surface area (Å²) in [6.07, 6.45) is 0. The fourth-order valence-electron chi connectivity index (χ4n) is 2.21. The Hall–Kier alpha value is -2.08. The maximum absolute atomic E-state index is 11.2. The third-order valence-corrected chi connectivity index (χ3v) is 3.45. The zero-order valence-electron chi connectivity index (χ0n) is 11.4. The number of aromatic nitrogens is 2. The van der Waals surface area contributed by atoms with Gasteiger partial charge in [-0.15, -0.1) is 0 Å². The van der Waals surface area contributed by atoms with Crippen LogP contribution < -0.4 is 5.73 Å². The van der Waals surface area contributed by atoms with Crippen LogP contribution in [0, 0.1) is 10.1 Å². The summed E-state index contributed by atoms with van der Waals surface area (Å²) in [5, 5.41) is 15.8. The first kappa shape index (κ1) is 14.3. The number of nitrogens with zero attached hydrogens (tertiary/aromatic N) is 3. The molecule has 2 aromatic rings. The first-order valence-corrected chi connectivity index (χ1v) is 6.48. The summed E-state index contributed by atoms with van der Waals surface area (Å²) in [5.74, 6) is 0.568. The lowest BCUT2D eigenvalue weighted by Crippen LogP contribution is -2.00. The van der Waals surface area contributed by atoms with Crippen LogP contribution in [0.15, 0.2) is 18.2 Å². The van der Waals surface area contributed by atoms with Crippen molar-refractivity contribution >= 4 is 23.1 Å². The van der Waals surface area contributed by atoms with E-state index in [1.807, 2.05) is 13.8 Å². The first-order valence-electron chi connectivity index (χ1n) is 6.10. The summed E-state index contributed by atoms with van der Waals surface area (Å²) in [4.78, 5) is 10.7. The average Bonchev–Trinajstić information content (AvgIpc) is 2.65. The highest BCUT2D eigenvalue weighted by atomic mass is 35.5. The van der Waals surface area contributed by atoms with E-state index < -0.39 is 4.92 Å². The number of hydrogen-bond donors (Lipinski definition) is 1. The third-order valence-electron chi connectivity index (χ3n) is 3.13. The summed E-state index contributed by atoms with van der Waals surface area (Å²) in [6, 6.07) is 4.57. The van der Waals surface area contributed by atoms with Crippen LogP contribution in [-0.4, -0.2) is 14.7 Å². The number of rotatable bonds is 3. The van der Waals surface area contributed by atoms with Gasteiger partial charge in [0.1, 0.15) is 11.5 Å². The molecule has 7 heteroatoms. The van der Waals surface area contributed by atoms with Gasteiger partial charge in [0.25, 0.3) is 5.69 Å². The Morgan fingerprint density at radius 3 is 2.65 bits per heavy atom. The minimum absolute atomic E-state index is 0.0718. The molecule has 1 aromatic heterocycles. The minimum atomic E-state index is -0.462. The Morgan fingerprint density at radius 1 is 1.45 bits per heavy atom. The Kier molecular flexibility index (Phi) is 3.67. The fraction of sp³-hybridized carbons (Fsp3) is 0.308. The van der Waals surface area contributed by atoms with Gasteiger partial charge in [0.2, 0.25) is 0 Å². The number of anilines is 1. The van der Waals surface area contributed by atoms with Crippen molar-refractivity contribution in [3.8, 4) is 11.3 Å². The molecular weight excluding hydrogens is 280 g/mol. The lowest BCUT2D eigenvalue weighted by Gasteiger charge is -2.08. The molecule has 0 bridgehead atoms. The van der Waals surface area contributed by atoms with Crippen molar-refractivity contribution in [2.24, 2.45) is 7.05 Å². The monoisotopic (exact) mass is 294 g/mol. The van der Waals surface area contributed by atoms with Gasteiger partial charge in [0.15, 0.2) is 0 Å². The van der Waals surface area contributed by atoms with E-state index >= 15 is 0 Å². The van der Waals surface area contributed by atoms with Gasteiger partial charge in [-0.25, -0.2) is 0 Å². The van der Waals surface area contributed by atoms with Crippen LogP contribution >= 0.6 is 11.6 Å². The predicted molar refractivity (Wildman–Crippen MR) is 78.8 cm³/mol. The van der Waals surface area contributed by atoms with Gasteiger partial charge >= 0.3 is 0 Å². The SMILES string of the molecule is CC(C)c1c(-c2c(Cl)cccc2[N+](=O)[O-])nn(C)c1N. The van der Waals surface area contributed by atoms with E-state index in [0.29, 0.717) is 22.1 Å². The highest BCUT2D eigenvalue weighted by Gasteiger charge is 2.26. The smallest absolute Gasteiger partial charge is 0.280 e. The number of hydrogen-bond acceptors (Lipinski definition) is 4. The van der Waals surface area contributed by atoms with E-state index in [1.165, 1.54) is 10.7 Å². The molecule has 1 heterocycles. The molecule has 0 saturated carbocycles. The summed E-state index contributed by atoms with van der Waals surface area (Å²) in [7, 11) is 1.70. The zero-order valence-corrected chi connectivity index (χ0v) is 12.2. The summed E-state index contributed by atoms with van der Waals surface area (Å²) < 4.78 is 1.51. The van der Waals surface area contributed by atoms with Gasteiger partial charge in [-0.05, 0) is 12.0 Å². The topological polar surface area (TPSA) is 87.0 Å². The van der Waals surface area contributed by atoms with Crippen molar-refractivity contribution < 1.29 is 4.92 Å². The number of nitro groups is 1. The van der Waals surface area contributed by atoms with E-state index in [9.17, 15) is 10.1 Å². The standard InChI is InChI=1S/C13H15ClN4O2/c1-7(2)10-12(16-17(3)13(10)15)11-8(14)5-4-6-9(11)18(19)20/h4-7H,15H2,1-3H3. The van der Waals surface area contributed by atoms with Gasteiger partial charge in [-0.1, -0.05) is 31.5 Å². The minimum Gasteiger partial charge on any atom is -0.384 e. The molecule has 0 unspecified atom stereocenters. The molecule has 0 atom stereocenters. The maximum Gasteiger partial charge on any atom is 0.280 e. The fourth-order valence-corrected chi connectivity index (χ4v) is 2.47. The normalized spacial score (nSPS) is 11.1. The molecule has 0 spiro atoms. The Bertz CT molecular complexity index is 679. The summed E-state index contributed by atoms with van der Waals surface area (Å²) in [5.41, 5.74) is 7.49. The molecule has 2 N–H and O–H groups in total. The lowest BCUT2D eigenvalue weighted by molar-refractivity contribution is -0.384. The largest absolute Gasteiger partial charge is 0.384 e. The van der Waals surface area contributed by atoms with Gasteiger partial charge < -0.3 is 5.73 Å². The van der Waals surface area contributed by atoms with Crippen LogP contribution in [0.1, 0.15) is 25.3 Å². The molecule has 0 radical (unpaired) electrons. The van der Waals surface area contributed by atoms with Crippen LogP contribution in [0.25, 0.3) is 11.3 Å². The summed E-state index contributed by atoms with van der Waals surface area (Å²) >= 11 is 6.15. The highest BCUT2D eigenvalue weighted by molar-refractivity contribution is 6.33. The molecule has 0 saturated heterocycles. The quantitative estimate of drug-likeness (QED) is 0.694. The summed E-state index contributed by atoms with van der Waals surface area (Å²) in [6.45, 7) is 3.92. The molecule has 0 aliphatic heterocycles. The molecule has 2 rings (SSSR count). The van der Waals surface area contributed by atoms with E-state index in [4.69, 9.17) is 17.3 Å².